The van der Waals surface area contributed by atoms with E-state index < -0.39 is 0 Å². The predicted octanol–water partition coefficient (Wildman–Crippen LogP) is 4.65. The summed E-state index contributed by atoms with van der Waals surface area (Å²) in [5.41, 5.74) is 2.15. The second-order valence-electron chi connectivity index (χ2n) is 6.24. The molecule has 1 amide bonds. The molecule has 3 heterocycles. The quantitative estimate of drug-likeness (QED) is 0.726. The van der Waals surface area contributed by atoms with Gasteiger partial charge in [-0.15, -0.1) is 11.3 Å². The van der Waals surface area contributed by atoms with Gasteiger partial charge < -0.3 is 14.5 Å². The van der Waals surface area contributed by atoms with Crippen LogP contribution in [0.5, 0.6) is 5.75 Å². The third-order valence-electron chi connectivity index (χ3n) is 4.33. The average molecular weight is 353 g/mol. The third kappa shape index (κ3) is 3.33. The molecule has 4 rings (SSSR count). The first-order valence-corrected chi connectivity index (χ1v) is 9.20. The zero-order valence-electron chi connectivity index (χ0n) is 14.0. The van der Waals surface area contributed by atoms with Crippen molar-refractivity contribution >= 4 is 17.2 Å². The number of hydrogen-bond donors (Lipinski definition) is 1. The summed E-state index contributed by atoms with van der Waals surface area (Å²) >= 11 is 1.53. The maximum Gasteiger partial charge on any atom is 0.261 e. The summed E-state index contributed by atoms with van der Waals surface area (Å²) in [5.74, 6) is 1.81. The molecule has 4 nitrogen and oxygen atoms in total. The number of furan rings is 1. The molecule has 25 heavy (non-hydrogen) atoms. The topological polar surface area (TPSA) is 51.5 Å². The smallest absolute Gasteiger partial charge is 0.261 e. The molecule has 1 atom stereocenters. The summed E-state index contributed by atoms with van der Waals surface area (Å²) in [7, 11) is 0. The van der Waals surface area contributed by atoms with Gasteiger partial charge in [0, 0.05) is 28.5 Å². The molecule has 1 unspecified atom stereocenters. The lowest BCUT2D eigenvalue weighted by atomic mass is 10.1. The van der Waals surface area contributed by atoms with Crippen LogP contribution >= 0.6 is 11.3 Å². The van der Waals surface area contributed by atoms with Crippen molar-refractivity contribution in [2.45, 2.75) is 32.4 Å². The number of aryl methyl sites for hydroxylation is 1. The Labute approximate surface area is 150 Å². The minimum absolute atomic E-state index is 0.0242. The van der Waals surface area contributed by atoms with Crippen LogP contribution < -0.4 is 10.1 Å². The van der Waals surface area contributed by atoms with Crippen LogP contribution in [0.2, 0.25) is 0 Å². The van der Waals surface area contributed by atoms with Crippen molar-refractivity contribution in [3.05, 3.63) is 64.9 Å². The van der Waals surface area contributed by atoms with Crippen LogP contribution in [0.3, 0.4) is 0 Å². The predicted molar refractivity (Wildman–Crippen MR) is 98.0 cm³/mol. The summed E-state index contributed by atoms with van der Waals surface area (Å²) in [5, 5.41) is 3.08. The van der Waals surface area contributed by atoms with E-state index >= 15 is 0 Å². The SMILES string of the molecule is CC(CCc1ccco1)NC(=O)c1cc2c(s1)-c1ccccc1OC2. The number of ether oxygens (including phenoxy) is 1. The summed E-state index contributed by atoms with van der Waals surface area (Å²) in [6, 6.07) is 13.8. The van der Waals surface area contributed by atoms with Crippen molar-refractivity contribution in [3.8, 4) is 16.2 Å². The van der Waals surface area contributed by atoms with E-state index in [1.165, 1.54) is 11.3 Å². The highest BCUT2D eigenvalue weighted by molar-refractivity contribution is 7.17. The number of thiophene rings is 1. The van der Waals surface area contributed by atoms with Gasteiger partial charge in [-0.05, 0) is 43.7 Å². The van der Waals surface area contributed by atoms with Crippen LogP contribution in [0.4, 0.5) is 0 Å². The highest BCUT2D eigenvalue weighted by Crippen LogP contribution is 2.42. The van der Waals surface area contributed by atoms with Gasteiger partial charge in [-0.2, -0.15) is 0 Å². The zero-order chi connectivity index (χ0) is 17.2. The highest BCUT2D eigenvalue weighted by Gasteiger charge is 2.22. The van der Waals surface area contributed by atoms with Crippen molar-refractivity contribution in [1.82, 2.24) is 5.32 Å². The molecule has 0 fully saturated rings. The molecular formula is C20H19NO3S. The molecule has 1 aliphatic rings. The molecule has 3 aromatic rings. The van der Waals surface area contributed by atoms with Crippen molar-refractivity contribution in [3.63, 3.8) is 0 Å². The Kier molecular flexibility index (Phi) is 4.32. The molecule has 0 saturated heterocycles. The summed E-state index contributed by atoms with van der Waals surface area (Å²) in [4.78, 5) is 14.4. The molecule has 0 aliphatic carbocycles. The van der Waals surface area contributed by atoms with Gasteiger partial charge in [0.15, 0.2) is 0 Å². The lowest BCUT2D eigenvalue weighted by Gasteiger charge is -2.16. The number of fused-ring (bicyclic) bond motifs is 3. The van der Waals surface area contributed by atoms with E-state index in [4.69, 9.17) is 9.15 Å². The van der Waals surface area contributed by atoms with Crippen molar-refractivity contribution < 1.29 is 13.9 Å². The number of amides is 1. The van der Waals surface area contributed by atoms with E-state index in [-0.39, 0.29) is 11.9 Å². The van der Waals surface area contributed by atoms with E-state index in [0.717, 1.165) is 45.2 Å². The fraction of sp³-hybridized carbons (Fsp3) is 0.250. The fourth-order valence-electron chi connectivity index (χ4n) is 2.99. The minimum atomic E-state index is -0.0242. The molecule has 0 radical (unpaired) electrons. The number of rotatable bonds is 5. The first-order valence-electron chi connectivity index (χ1n) is 8.39. The molecule has 1 aliphatic heterocycles. The van der Waals surface area contributed by atoms with Crippen molar-refractivity contribution in [2.75, 3.05) is 0 Å². The number of benzene rings is 1. The standard InChI is InChI=1S/C20H19NO3S/c1-13(8-9-15-5-4-10-23-15)21-20(22)18-11-14-12-24-17-7-3-2-6-16(17)19(14)25-18/h2-7,10-11,13H,8-9,12H2,1H3,(H,21,22). The number of carbonyl (C=O) groups excluding carboxylic acids is 1. The van der Waals surface area contributed by atoms with Crippen LogP contribution in [0, 0.1) is 0 Å². The first kappa shape index (κ1) is 16.0. The summed E-state index contributed by atoms with van der Waals surface area (Å²) in [6.07, 6.45) is 3.33. The number of hydrogen-bond acceptors (Lipinski definition) is 4. The van der Waals surface area contributed by atoms with Crippen molar-refractivity contribution in [1.29, 1.82) is 0 Å². The van der Waals surface area contributed by atoms with Crippen LogP contribution in [-0.4, -0.2) is 11.9 Å². The molecule has 128 valence electrons. The second kappa shape index (κ2) is 6.76. The van der Waals surface area contributed by atoms with Crippen molar-refractivity contribution in [2.24, 2.45) is 0 Å². The molecule has 0 saturated carbocycles. The van der Waals surface area contributed by atoms with Gasteiger partial charge in [0.05, 0.1) is 11.1 Å². The van der Waals surface area contributed by atoms with E-state index in [9.17, 15) is 4.79 Å². The maximum atomic E-state index is 12.6. The van der Waals surface area contributed by atoms with E-state index in [1.54, 1.807) is 6.26 Å². The molecule has 2 aromatic heterocycles. The highest BCUT2D eigenvalue weighted by atomic mass is 32.1. The van der Waals surface area contributed by atoms with Crippen LogP contribution in [0.15, 0.2) is 53.1 Å². The monoisotopic (exact) mass is 353 g/mol. The molecule has 0 bridgehead atoms. The summed E-state index contributed by atoms with van der Waals surface area (Å²) < 4.78 is 11.1. The Balaban J connectivity index is 1.44. The third-order valence-corrected chi connectivity index (χ3v) is 5.54. The lowest BCUT2D eigenvalue weighted by Crippen LogP contribution is -2.32. The van der Waals surface area contributed by atoms with Gasteiger partial charge in [0.2, 0.25) is 0 Å². The Morgan fingerprint density at radius 2 is 2.16 bits per heavy atom. The van der Waals surface area contributed by atoms with Gasteiger partial charge in [0.1, 0.15) is 18.1 Å². The average Bonchev–Trinajstić information content (AvgIpc) is 3.29. The molecule has 1 aromatic carbocycles. The largest absolute Gasteiger partial charge is 0.488 e. The van der Waals surface area contributed by atoms with Crippen LogP contribution in [0.1, 0.15) is 34.3 Å². The summed E-state index contributed by atoms with van der Waals surface area (Å²) in [6.45, 7) is 2.54. The number of nitrogens with one attached hydrogen (secondary N) is 1. The minimum Gasteiger partial charge on any atom is -0.488 e. The van der Waals surface area contributed by atoms with E-state index in [2.05, 4.69) is 5.32 Å². The first-order chi connectivity index (χ1) is 12.2. The van der Waals surface area contributed by atoms with E-state index in [0.29, 0.717) is 6.61 Å². The number of para-hydroxylation sites is 1. The van der Waals surface area contributed by atoms with Gasteiger partial charge in [0.25, 0.3) is 5.91 Å². The second-order valence-corrected chi connectivity index (χ2v) is 7.29. The Bertz CT molecular complexity index is 882. The Hall–Kier alpha value is -2.53. The zero-order valence-corrected chi connectivity index (χ0v) is 14.8. The van der Waals surface area contributed by atoms with Gasteiger partial charge >= 0.3 is 0 Å². The van der Waals surface area contributed by atoms with Gasteiger partial charge in [-0.1, -0.05) is 12.1 Å². The Morgan fingerprint density at radius 1 is 1.28 bits per heavy atom. The number of carbonyl (C=O) groups is 1. The van der Waals surface area contributed by atoms with Gasteiger partial charge in [-0.3, -0.25) is 4.79 Å². The Morgan fingerprint density at radius 3 is 3.00 bits per heavy atom. The molecule has 1 N–H and O–H groups in total. The van der Waals surface area contributed by atoms with Crippen LogP contribution in [-0.2, 0) is 13.0 Å². The van der Waals surface area contributed by atoms with Gasteiger partial charge in [-0.25, -0.2) is 0 Å². The van der Waals surface area contributed by atoms with Crippen LogP contribution in [0.25, 0.3) is 10.4 Å². The molecular weight excluding hydrogens is 334 g/mol. The molecule has 5 heteroatoms. The molecule has 0 spiro atoms. The lowest BCUT2D eigenvalue weighted by molar-refractivity contribution is 0.0942. The normalized spacial score (nSPS) is 13.5. The fourth-order valence-corrected chi connectivity index (χ4v) is 4.09. The maximum absolute atomic E-state index is 12.6. The van der Waals surface area contributed by atoms with E-state index in [1.807, 2.05) is 49.4 Å².